The van der Waals surface area contributed by atoms with Crippen molar-refractivity contribution in [3.63, 3.8) is 0 Å². The first-order valence-electron chi connectivity index (χ1n) is 6.54. The van der Waals surface area contributed by atoms with Crippen LogP contribution in [0.5, 0.6) is 5.75 Å². The molecule has 0 amide bonds. The van der Waals surface area contributed by atoms with Crippen molar-refractivity contribution in [1.82, 2.24) is 5.32 Å². The third-order valence-corrected chi connectivity index (χ3v) is 3.40. The van der Waals surface area contributed by atoms with Crippen molar-refractivity contribution in [3.05, 3.63) is 64.7 Å². The van der Waals surface area contributed by atoms with Gasteiger partial charge in [0.1, 0.15) is 5.75 Å². The highest BCUT2D eigenvalue weighted by Gasteiger charge is 2.09. The van der Waals surface area contributed by atoms with Crippen molar-refractivity contribution in [2.75, 3.05) is 6.61 Å². The maximum Gasteiger partial charge on any atom is 0.120 e. The molecular formula is C16H18ClNO2. The molecule has 0 aliphatic rings. The molecule has 0 saturated heterocycles. The SMILES string of the molecule is OCC(Cc1ccccc1)NCc1cc(Cl)ccc1O. The van der Waals surface area contributed by atoms with Gasteiger partial charge in [0.15, 0.2) is 0 Å². The number of phenols is 1. The van der Waals surface area contributed by atoms with Crippen molar-refractivity contribution >= 4 is 11.6 Å². The molecule has 0 bridgehead atoms. The lowest BCUT2D eigenvalue weighted by Gasteiger charge is -2.17. The van der Waals surface area contributed by atoms with Crippen molar-refractivity contribution < 1.29 is 10.2 Å². The summed E-state index contributed by atoms with van der Waals surface area (Å²) in [4.78, 5) is 0. The van der Waals surface area contributed by atoms with E-state index in [1.54, 1.807) is 18.2 Å². The van der Waals surface area contributed by atoms with Crippen LogP contribution in [0.3, 0.4) is 0 Å². The van der Waals surface area contributed by atoms with Crippen LogP contribution in [-0.2, 0) is 13.0 Å². The summed E-state index contributed by atoms with van der Waals surface area (Å²) in [5.41, 5.74) is 1.89. The maximum atomic E-state index is 9.75. The van der Waals surface area contributed by atoms with Crippen molar-refractivity contribution in [2.45, 2.75) is 19.0 Å². The lowest BCUT2D eigenvalue weighted by atomic mass is 10.1. The van der Waals surface area contributed by atoms with Gasteiger partial charge in [-0.15, -0.1) is 0 Å². The van der Waals surface area contributed by atoms with E-state index in [1.165, 1.54) is 0 Å². The second kappa shape index (κ2) is 7.29. The predicted molar refractivity (Wildman–Crippen MR) is 81.0 cm³/mol. The monoisotopic (exact) mass is 291 g/mol. The van der Waals surface area contributed by atoms with Crippen LogP contribution in [0.4, 0.5) is 0 Å². The van der Waals surface area contributed by atoms with Gasteiger partial charge >= 0.3 is 0 Å². The van der Waals surface area contributed by atoms with Gasteiger partial charge in [-0.3, -0.25) is 0 Å². The van der Waals surface area contributed by atoms with Gasteiger partial charge in [-0.2, -0.15) is 0 Å². The molecule has 1 unspecified atom stereocenters. The molecule has 2 aromatic rings. The van der Waals surface area contributed by atoms with E-state index in [9.17, 15) is 10.2 Å². The summed E-state index contributed by atoms with van der Waals surface area (Å²) in [7, 11) is 0. The average Bonchev–Trinajstić information content (AvgIpc) is 2.47. The zero-order chi connectivity index (χ0) is 14.4. The van der Waals surface area contributed by atoms with Crippen LogP contribution in [0.1, 0.15) is 11.1 Å². The number of halogens is 1. The van der Waals surface area contributed by atoms with E-state index in [0.29, 0.717) is 11.6 Å². The Hall–Kier alpha value is -1.55. The Labute approximate surface area is 123 Å². The second-order valence-corrected chi connectivity index (χ2v) is 5.16. The molecule has 4 heteroatoms. The fourth-order valence-electron chi connectivity index (χ4n) is 2.05. The number of rotatable bonds is 6. The minimum atomic E-state index is -0.0595. The summed E-state index contributed by atoms with van der Waals surface area (Å²) < 4.78 is 0. The zero-order valence-electron chi connectivity index (χ0n) is 11.1. The van der Waals surface area contributed by atoms with Crippen molar-refractivity contribution in [2.24, 2.45) is 0 Å². The van der Waals surface area contributed by atoms with Gasteiger partial charge in [-0.1, -0.05) is 41.9 Å². The number of aromatic hydroxyl groups is 1. The molecule has 3 nitrogen and oxygen atoms in total. The molecule has 2 rings (SSSR count). The Kier molecular flexibility index (Phi) is 5.41. The molecular weight excluding hydrogens is 274 g/mol. The number of benzene rings is 2. The van der Waals surface area contributed by atoms with Crippen LogP contribution >= 0.6 is 11.6 Å². The quantitative estimate of drug-likeness (QED) is 0.767. The fraction of sp³-hybridized carbons (Fsp3) is 0.250. The maximum absolute atomic E-state index is 9.75. The van der Waals surface area contributed by atoms with Gasteiger partial charge < -0.3 is 15.5 Å². The van der Waals surface area contributed by atoms with Gasteiger partial charge in [0, 0.05) is 23.2 Å². The zero-order valence-corrected chi connectivity index (χ0v) is 11.8. The molecule has 0 radical (unpaired) electrons. The van der Waals surface area contributed by atoms with Crippen LogP contribution < -0.4 is 5.32 Å². The van der Waals surface area contributed by atoms with E-state index < -0.39 is 0 Å². The van der Waals surface area contributed by atoms with E-state index >= 15 is 0 Å². The molecule has 0 heterocycles. The summed E-state index contributed by atoms with van der Waals surface area (Å²) in [5.74, 6) is 0.207. The first kappa shape index (κ1) is 14.9. The van der Waals surface area contributed by atoms with Crippen molar-refractivity contribution in [3.8, 4) is 5.75 Å². The van der Waals surface area contributed by atoms with Crippen LogP contribution in [0.2, 0.25) is 5.02 Å². The highest BCUT2D eigenvalue weighted by atomic mass is 35.5. The topological polar surface area (TPSA) is 52.5 Å². The van der Waals surface area contributed by atoms with E-state index in [4.69, 9.17) is 11.6 Å². The van der Waals surface area contributed by atoms with Gasteiger partial charge in [0.2, 0.25) is 0 Å². The number of hydrogen-bond acceptors (Lipinski definition) is 3. The van der Waals surface area contributed by atoms with E-state index in [1.807, 2.05) is 30.3 Å². The first-order valence-corrected chi connectivity index (χ1v) is 6.92. The van der Waals surface area contributed by atoms with Gasteiger partial charge in [-0.05, 0) is 30.2 Å². The number of hydrogen-bond donors (Lipinski definition) is 3. The molecule has 106 valence electrons. The smallest absolute Gasteiger partial charge is 0.120 e. The molecule has 20 heavy (non-hydrogen) atoms. The van der Waals surface area contributed by atoms with Crippen LogP contribution in [0.25, 0.3) is 0 Å². The normalized spacial score (nSPS) is 12.3. The summed E-state index contributed by atoms with van der Waals surface area (Å²) in [6, 6.07) is 14.9. The molecule has 2 aromatic carbocycles. The number of phenolic OH excluding ortho intramolecular Hbond substituents is 1. The Morgan fingerprint density at radius 2 is 1.85 bits per heavy atom. The van der Waals surface area contributed by atoms with E-state index in [-0.39, 0.29) is 18.4 Å². The highest BCUT2D eigenvalue weighted by molar-refractivity contribution is 6.30. The molecule has 0 spiro atoms. The van der Waals surface area contributed by atoms with Gasteiger partial charge in [-0.25, -0.2) is 0 Å². The Bertz CT molecular complexity index is 545. The molecule has 0 saturated carbocycles. The Balaban J connectivity index is 1.95. The minimum absolute atomic E-state index is 0.0379. The predicted octanol–water partition coefficient (Wildman–Crippen LogP) is 2.74. The number of aliphatic hydroxyl groups is 1. The molecule has 1 atom stereocenters. The second-order valence-electron chi connectivity index (χ2n) is 4.72. The minimum Gasteiger partial charge on any atom is -0.508 e. The summed E-state index contributed by atoms with van der Waals surface area (Å²) in [5, 5.41) is 23.0. The Morgan fingerprint density at radius 1 is 1.10 bits per heavy atom. The lowest BCUT2D eigenvalue weighted by Crippen LogP contribution is -2.34. The van der Waals surface area contributed by atoms with E-state index in [2.05, 4.69) is 5.32 Å². The molecule has 0 aromatic heterocycles. The largest absolute Gasteiger partial charge is 0.508 e. The lowest BCUT2D eigenvalue weighted by molar-refractivity contribution is 0.240. The molecule has 0 aliphatic carbocycles. The first-order chi connectivity index (χ1) is 9.69. The number of nitrogens with one attached hydrogen (secondary N) is 1. The van der Waals surface area contributed by atoms with Gasteiger partial charge in [0.25, 0.3) is 0 Å². The summed E-state index contributed by atoms with van der Waals surface area (Å²) in [6.07, 6.45) is 0.735. The average molecular weight is 292 g/mol. The molecule has 0 fully saturated rings. The number of aliphatic hydroxyl groups excluding tert-OH is 1. The summed E-state index contributed by atoms with van der Waals surface area (Å²) >= 11 is 5.91. The Morgan fingerprint density at radius 3 is 2.55 bits per heavy atom. The third kappa shape index (κ3) is 4.23. The third-order valence-electron chi connectivity index (χ3n) is 3.17. The molecule has 0 aliphatic heterocycles. The summed E-state index contributed by atoms with van der Waals surface area (Å²) in [6.45, 7) is 0.501. The van der Waals surface area contributed by atoms with E-state index in [0.717, 1.165) is 17.5 Å². The standard InChI is InChI=1S/C16H18ClNO2/c17-14-6-7-16(20)13(9-14)10-18-15(11-19)8-12-4-2-1-3-5-12/h1-7,9,15,18-20H,8,10-11H2. The van der Waals surface area contributed by atoms with Gasteiger partial charge in [0.05, 0.1) is 6.61 Å². The highest BCUT2D eigenvalue weighted by Crippen LogP contribution is 2.21. The fourth-order valence-corrected chi connectivity index (χ4v) is 2.24. The molecule has 3 N–H and O–H groups in total. The van der Waals surface area contributed by atoms with Crippen LogP contribution in [0, 0.1) is 0 Å². The van der Waals surface area contributed by atoms with Crippen LogP contribution in [-0.4, -0.2) is 22.9 Å². The van der Waals surface area contributed by atoms with Crippen LogP contribution in [0.15, 0.2) is 48.5 Å². The van der Waals surface area contributed by atoms with Crippen molar-refractivity contribution in [1.29, 1.82) is 0 Å².